The molecule has 15 rings (SSSR count). The number of hydrogen-bond acceptors (Lipinski definition) is 26. The van der Waals surface area contributed by atoms with Gasteiger partial charge in [-0.15, -0.1) is 12.4 Å². The molecular formula is C88H85Cl5N17O17PS4. The Morgan fingerprint density at radius 3 is 1.23 bits per heavy atom. The van der Waals surface area contributed by atoms with Crippen LogP contribution in [-0.4, -0.2) is 108 Å². The number of imidazole rings is 1. The number of primary sulfonamides is 4. The van der Waals surface area contributed by atoms with E-state index in [0.717, 1.165) is 94.0 Å². The molecule has 0 aliphatic rings. The number of nitrogens with two attached hydrogens (primary N) is 5. The Morgan fingerprint density at radius 1 is 0.470 bits per heavy atom. The van der Waals surface area contributed by atoms with Crippen molar-refractivity contribution in [2.75, 3.05) is 39.1 Å². The van der Waals surface area contributed by atoms with Gasteiger partial charge in [-0.2, -0.15) is 15.8 Å². The lowest BCUT2D eigenvalue weighted by Crippen LogP contribution is -2.17. The Labute approximate surface area is 783 Å². The molecular weight excluding hydrogens is 1900 g/mol. The number of carbonyl (C=O) groups is 1. The highest BCUT2D eigenvalue weighted by Gasteiger charge is 2.21. The van der Waals surface area contributed by atoms with Gasteiger partial charge >= 0.3 is 16.9 Å². The minimum absolute atomic E-state index is 0. The number of H-pyrrole nitrogens is 2. The lowest BCUT2D eigenvalue weighted by molar-refractivity contribution is 0.0697. The molecule has 0 aliphatic heterocycles. The summed E-state index contributed by atoms with van der Waals surface area (Å²) >= 11 is 20.0. The van der Waals surface area contributed by atoms with E-state index >= 15 is 0 Å². The van der Waals surface area contributed by atoms with Gasteiger partial charge in [0.1, 0.15) is 29.3 Å². The van der Waals surface area contributed by atoms with Crippen LogP contribution in [-0.2, 0) is 70.8 Å². The number of nitriles is 3. The summed E-state index contributed by atoms with van der Waals surface area (Å²) in [5, 5.41) is 64.0. The maximum Gasteiger partial charge on any atom is 0.339 e. The molecule has 0 radical (unpaired) electrons. The van der Waals surface area contributed by atoms with Gasteiger partial charge in [0, 0.05) is 78.1 Å². The summed E-state index contributed by atoms with van der Waals surface area (Å²) in [6.07, 6.45) is 7.39. The monoisotopic (exact) mass is 1990 g/mol. The Balaban J connectivity index is 0.000000196. The number of fused-ring (bicyclic) bond motifs is 7. The second-order valence-electron chi connectivity index (χ2n) is 28.7. The van der Waals surface area contributed by atoms with Gasteiger partial charge in [0.15, 0.2) is 23.0 Å². The largest absolute Gasteiger partial charge is 0.493 e. The lowest BCUT2D eigenvalue weighted by atomic mass is 10.0. The van der Waals surface area contributed by atoms with E-state index in [1.807, 2.05) is 90.1 Å². The molecule has 0 bridgehead atoms. The molecule has 132 heavy (non-hydrogen) atoms. The van der Waals surface area contributed by atoms with Crippen molar-refractivity contribution >= 4 is 186 Å². The number of rotatable bonds is 18. The van der Waals surface area contributed by atoms with Crippen LogP contribution in [0.1, 0.15) is 82.7 Å². The number of sulfonamides is 4. The molecule has 0 spiro atoms. The number of aryl methyl sites for hydroxylation is 6. The minimum Gasteiger partial charge on any atom is -0.493 e. The standard InChI is InChI=1S/C19H18N4O3S.C19H18N4O2S.C19H19N3O4S.C12H9ClN2O2.C12H10N2O3.C7H10N2O2S.Cl3OP.ClH/c1-11-7-15-16(8-12(11)2)21-9-17-18(15)23(19(24)22-17)10-13-3-5-14(6-4-13)27(20,25)26;1-12-7-17-18(8-13(12)2)22-11-15(9-20)19(17)23-10-14-3-5-16(6-4-14)26(21,24)25;1-11-7-15-17(8-12(11)2)21-10-16(19(23)24)18(15)22-9-13-3-5-14(6-4-13)27(20,25)26;1-16-10-3-8-9(4-11(10)17-2)15-6-7(5-14)12(8)13;1-16-10-3-8-9(4-11(10)17-2)14-6-7(5-13)12(8)15;8-5-6-1-3-7(4-2-6)12(9,10)11;1-5(2,3)4;/h3-9H,10H2,1-2H3,(H,22,24)(H2,20,25,26);3-8,11H,10H2,1-2H3,(H,22,23)(H2,21,24,25);3-8,10H,9H2,1-2H3,(H,21,22)(H,23,24)(H2,20,25,26);3-4,6H,1-2H3;3-4,6H,1-2H3,(H,14,15);1-4H,5,8H2,(H2,9,10,11);;1H. The Hall–Kier alpha value is -12.9. The second kappa shape index (κ2) is 44.8. The number of nitrogens with one attached hydrogen (secondary N) is 4. The van der Waals surface area contributed by atoms with Gasteiger partial charge in [0.25, 0.3) is 0 Å². The number of benzene rings is 9. The van der Waals surface area contributed by atoms with E-state index in [0.29, 0.717) is 104 Å². The predicted octanol–water partition coefficient (Wildman–Crippen LogP) is 15.2. The van der Waals surface area contributed by atoms with Gasteiger partial charge in [0.2, 0.25) is 45.5 Å². The molecule has 0 saturated carbocycles. The van der Waals surface area contributed by atoms with E-state index < -0.39 is 51.3 Å². The first-order valence-corrected chi connectivity index (χ1v) is 49.2. The summed E-state index contributed by atoms with van der Waals surface area (Å²) in [5.41, 5.74) is 21.9. The fraction of sp³-hybridized carbons (Fsp3) is 0.159. The predicted molar refractivity (Wildman–Crippen MR) is 514 cm³/mol. The van der Waals surface area contributed by atoms with Crippen LogP contribution in [0.2, 0.25) is 5.02 Å². The average Bonchev–Trinajstić information content (AvgIpc) is 1.60. The molecule has 9 aromatic carbocycles. The van der Waals surface area contributed by atoms with Gasteiger partial charge in [-0.1, -0.05) is 60.1 Å². The van der Waals surface area contributed by atoms with E-state index in [1.54, 1.807) is 104 Å². The van der Waals surface area contributed by atoms with Crippen molar-refractivity contribution in [3.63, 3.8) is 0 Å². The van der Waals surface area contributed by atoms with Crippen molar-refractivity contribution in [1.82, 2.24) is 34.5 Å². The van der Waals surface area contributed by atoms with Gasteiger partial charge in [-0.25, -0.2) is 63.8 Å². The number of nitrogens with zero attached hydrogens (tertiary/aromatic N) is 8. The zero-order valence-corrected chi connectivity index (χ0v) is 79.7. The molecule has 0 saturated heterocycles. The number of anilines is 2. The molecule has 6 heterocycles. The van der Waals surface area contributed by atoms with Crippen LogP contribution in [0.4, 0.5) is 11.4 Å². The van der Waals surface area contributed by atoms with Crippen LogP contribution in [0.3, 0.4) is 0 Å². The Bertz CT molecular complexity index is 7710. The number of halogens is 5. The average molecular weight is 1990 g/mol. The van der Waals surface area contributed by atoms with E-state index in [1.165, 1.54) is 81.3 Å². The molecule has 688 valence electrons. The zero-order chi connectivity index (χ0) is 96.5. The van der Waals surface area contributed by atoms with E-state index in [2.05, 4.69) is 80.3 Å². The van der Waals surface area contributed by atoms with Crippen molar-refractivity contribution in [3.8, 4) is 41.2 Å². The number of aromatic amines is 2. The number of carboxylic acid groups (broad SMARTS) is 1. The summed E-state index contributed by atoms with van der Waals surface area (Å²) < 4.78 is 121. The van der Waals surface area contributed by atoms with Gasteiger partial charge in [-0.3, -0.25) is 33.9 Å². The number of methoxy groups -OCH3 is 4. The van der Waals surface area contributed by atoms with Gasteiger partial charge in [-0.05, 0) is 228 Å². The summed E-state index contributed by atoms with van der Waals surface area (Å²) in [6, 6.07) is 49.3. The molecule has 0 aliphatic carbocycles. The normalized spacial score (nSPS) is 11.1. The fourth-order valence-electron chi connectivity index (χ4n) is 12.7. The van der Waals surface area contributed by atoms with Crippen molar-refractivity contribution in [2.24, 2.45) is 26.3 Å². The van der Waals surface area contributed by atoms with Gasteiger partial charge in [0.05, 0.1) is 132 Å². The Kier molecular flexibility index (Phi) is 35.5. The van der Waals surface area contributed by atoms with Crippen LogP contribution in [0, 0.1) is 75.5 Å². The zero-order valence-electron chi connectivity index (χ0n) is 71.7. The molecule has 6 aromatic heterocycles. The third-order valence-electron chi connectivity index (χ3n) is 20.0. The summed E-state index contributed by atoms with van der Waals surface area (Å²) in [4.78, 5) is 59.2. The molecule has 0 amide bonds. The number of pyridine rings is 5. The molecule has 15 N–H and O–H groups in total. The molecule has 34 nitrogen and oxygen atoms in total. The highest BCUT2D eigenvalue weighted by molar-refractivity contribution is 8.24. The summed E-state index contributed by atoms with van der Waals surface area (Å²) in [5.74, 6) is 1.04. The van der Waals surface area contributed by atoms with Crippen LogP contribution >= 0.6 is 62.9 Å². The molecule has 15 aromatic rings. The maximum atomic E-state index is 12.5. The maximum absolute atomic E-state index is 12.5. The van der Waals surface area contributed by atoms with E-state index in [-0.39, 0.29) is 54.2 Å². The topological polar surface area (TPSA) is 576 Å². The van der Waals surface area contributed by atoms with Crippen LogP contribution in [0.25, 0.3) is 65.5 Å². The van der Waals surface area contributed by atoms with Crippen LogP contribution in [0.5, 0.6) is 23.0 Å². The van der Waals surface area contributed by atoms with Crippen molar-refractivity contribution in [2.45, 2.75) is 87.3 Å². The van der Waals surface area contributed by atoms with Crippen molar-refractivity contribution < 1.29 is 67.1 Å². The van der Waals surface area contributed by atoms with Gasteiger partial charge < -0.3 is 50.4 Å². The number of aromatic nitrogens is 7. The first kappa shape index (κ1) is 104. The first-order valence-electron chi connectivity index (χ1n) is 38.2. The summed E-state index contributed by atoms with van der Waals surface area (Å²) in [6.45, 7) is 13.5. The third-order valence-corrected chi connectivity index (χ3v) is 24.1. The van der Waals surface area contributed by atoms with Crippen molar-refractivity contribution in [1.29, 1.82) is 15.8 Å². The molecule has 0 fully saturated rings. The molecule has 44 heteroatoms. The second-order valence-corrected chi connectivity index (χ2v) is 42.0. The number of hydrogen-bond donors (Lipinski definition) is 10. The van der Waals surface area contributed by atoms with E-state index in [9.17, 15) is 63.0 Å². The summed E-state index contributed by atoms with van der Waals surface area (Å²) in [7, 11) is -8.67. The third kappa shape index (κ3) is 26.9. The van der Waals surface area contributed by atoms with Crippen LogP contribution < -0.4 is 67.0 Å². The minimum atomic E-state index is -3.75. The first-order chi connectivity index (χ1) is 61.6. The smallest absolute Gasteiger partial charge is 0.339 e. The SMILES string of the molecule is COc1cc2[nH]cc(C#N)c(=O)c2cc1OC.COc1cc2ncc(C#N)c(Cl)c2cc1OC.Cc1cc2ncc(C#N)c(NCc3ccc(S(N)(=O)=O)cc3)c2cc1C.Cc1cc2ncc(C(=O)O)c(NCc3ccc(S(N)(=O)=O)cc3)c2cc1C.Cc1cc2ncc3[nH]c(=O)n(Cc4ccc(S(N)(=O)=O)cc4)c3c2cc1C.Cl.NCc1ccc(S(N)(=O)=O)cc1.O=P(Cl)(Cl)Cl. The number of aromatic carboxylic acids is 1. The fourth-order valence-corrected chi connectivity index (χ4v) is 15.0. The lowest BCUT2D eigenvalue weighted by Gasteiger charge is -2.14. The van der Waals surface area contributed by atoms with Crippen molar-refractivity contribution in [3.05, 3.63) is 292 Å². The Morgan fingerprint density at radius 2 is 0.818 bits per heavy atom. The van der Waals surface area contributed by atoms with Crippen LogP contribution in [0.15, 0.2) is 218 Å². The quantitative estimate of drug-likeness (QED) is 0.0357. The highest BCUT2D eigenvalue weighted by Crippen LogP contribution is 2.61. The number of ether oxygens (including phenoxy) is 4. The number of carboxylic acids is 1. The molecule has 0 atom stereocenters. The molecule has 0 unspecified atom stereocenters. The highest BCUT2D eigenvalue weighted by atomic mass is 36.0. The van der Waals surface area contributed by atoms with E-state index in [4.69, 9.17) is 67.4 Å².